The summed E-state index contributed by atoms with van der Waals surface area (Å²) in [4.78, 5) is 0. The smallest absolute Gasteiger partial charge is 0.194 e. The molecule has 2 aliphatic heterocycles. The highest BCUT2D eigenvalue weighted by Gasteiger charge is 2.27. The van der Waals surface area contributed by atoms with E-state index in [9.17, 15) is 13.2 Å². The Morgan fingerprint density at radius 3 is 1.92 bits per heavy atom. The molecule has 1 aromatic rings. The summed E-state index contributed by atoms with van der Waals surface area (Å²) in [5.74, 6) is -3.35. The molecule has 2 aliphatic rings. The van der Waals surface area contributed by atoms with Gasteiger partial charge in [0.05, 0.1) is 26.4 Å². The summed E-state index contributed by atoms with van der Waals surface area (Å²) in [6.07, 6.45) is 2.72. The lowest BCUT2D eigenvalue weighted by atomic mass is 10.0. The normalized spacial score (nSPS) is 29.7. The molecule has 0 aromatic heterocycles. The zero-order chi connectivity index (χ0) is 18.5. The summed E-state index contributed by atoms with van der Waals surface area (Å²) >= 11 is 0. The van der Waals surface area contributed by atoms with E-state index in [1.807, 2.05) is 0 Å². The summed E-state index contributed by atoms with van der Waals surface area (Å²) in [5, 5.41) is 0. The second-order valence-electron chi connectivity index (χ2n) is 6.99. The molecular formula is C19H25F3O4. The number of hydrogen-bond acceptors (Lipinski definition) is 4. The molecule has 2 saturated heterocycles. The molecule has 0 bridgehead atoms. The van der Waals surface area contributed by atoms with Crippen LogP contribution in [0.5, 0.6) is 0 Å². The van der Waals surface area contributed by atoms with Gasteiger partial charge in [-0.05, 0) is 31.4 Å². The third kappa shape index (κ3) is 4.97. The molecule has 0 radical (unpaired) electrons. The molecule has 2 heterocycles. The van der Waals surface area contributed by atoms with Crippen LogP contribution < -0.4 is 0 Å². The number of rotatable bonds is 6. The molecule has 0 saturated carbocycles. The van der Waals surface area contributed by atoms with Gasteiger partial charge in [-0.1, -0.05) is 13.3 Å². The lowest BCUT2D eigenvalue weighted by Gasteiger charge is -2.32. The minimum Gasteiger partial charge on any atom is -0.352 e. The predicted octanol–water partition coefficient (Wildman–Crippen LogP) is 4.33. The van der Waals surface area contributed by atoms with E-state index in [2.05, 4.69) is 6.92 Å². The van der Waals surface area contributed by atoms with Gasteiger partial charge >= 0.3 is 0 Å². The lowest BCUT2D eigenvalue weighted by Crippen LogP contribution is -2.33. The van der Waals surface area contributed by atoms with Crippen LogP contribution in [0.2, 0.25) is 0 Å². The Labute approximate surface area is 151 Å². The van der Waals surface area contributed by atoms with Gasteiger partial charge in [-0.3, -0.25) is 0 Å². The SMILES string of the molecule is CCC[C@H]1CO[C@H](CC[C@H]2CO[C@H](c3cc(F)c(F)c(F)c3)OC2)OC1. The van der Waals surface area contributed by atoms with Crippen LogP contribution >= 0.6 is 0 Å². The molecule has 0 unspecified atom stereocenters. The highest BCUT2D eigenvalue weighted by molar-refractivity contribution is 5.20. The summed E-state index contributed by atoms with van der Waals surface area (Å²) in [6.45, 7) is 4.42. The van der Waals surface area contributed by atoms with Crippen molar-refractivity contribution in [2.24, 2.45) is 11.8 Å². The van der Waals surface area contributed by atoms with Crippen LogP contribution in [0.3, 0.4) is 0 Å². The maximum atomic E-state index is 13.3. The van der Waals surface area contributed by atoms with E-state index < -0.39 is 23.7 Å². The molecule has 4 nitrogen and oxygen atoms in total. The average Bonchev–Trinajstić information content (AvgIpc) is 2.66. The van der Waals surface area contributed by atoms with Crippen LogP contribution in [0.4, 0.5) is 13.2 Å². The standard InChI is InChI=1S/C19H25F3O4/c1-2-3-12-8-23-17(24-9-12)5-4-13-10-25-19(26-11-13)14-6-15(20)18(22)16(21)7-14/h6-7,12-13,17,19H,2-5,8-11H2,1H3/t12-,13-,17-,19-. The van der Waals surface area contributed by atoms with E-state index in [0.717, 1.165) is 51.0 Å². The fourth-order valence-electron chi connectivity index (χ4n) is 3.31. The lowest BCUT2D eigenvalue weighted by molar-refractivity contribution is -0.220. The first-order valence-corrected chi connectivity index (χ1v) is 9.17. The quantitative estimate of drug-likeness (QED) is 0.695. The molecule has 0 spiro atoms. The Bertz CT molecular complexity index is 559. The van der Waals surface area contributed by atoms with Crippen molar-refractivity contribution in [2.75, 3.05) is 26.4 Å². The van der Waals surface area contributed by atoms with E-state index in [0.29, 0.717) is 19.1 Å². The molecule has 0 amide bonds. The van der Waals surface area contributed by atoms with E-state index >= 15 is 0 Å². The molecule has 26 heavy (non-hydrogen) atoms. The highest BCUT2D eigenvalue weighted by Crippen LogP contribution is 2.29. The highest BCUT2D eigenvalue weighted by atomic mass is 19.2. The zero-order valence-electron chi connectivity index (χ0n) is 14.9. The van der Waals surface area contributed by atoms with Gasteiger partial charge < -0.3 is 18.9 Å². The second kappa shape index (κ2) is 9.17. The van der Waals surface area contributed by atoms with Crippen molar-refractivity contribution in [1.29, 1.82) is 0 Å². The fraction of sp³-hybridized carbons (Fsp3) is 0.684. The van der Waals surface area contributed by atoms with Gasteiger partial charge in [-0.15, -0.1) is 0 Å². The Hall–Kier alpha value is -1.15. The number of benzene rings is 1. The summed E-state index contributed by atoms with van der Waals surface area (Å²) in [6, 6.07) is 1.81. The topological polar surface area (TPSA) is 36.9 Å². The first-order chi connectivity index (χ1) is 12.6. The third-order valence-corrected chi connectivity index (χ3v) is 4.79. The van der Waals surface area contributed by atoms with E-state index in [4.69, 9.17) is 18.9 Å². The van der Waals surface area contributed by atoms with Gasteiger partial charge in [0.15, 0.2) is 30.0 Å². The summed E-state index contributed by atoms with van der Waals surface area (Å²) in [7, 11) is 0. The number of ether oxygens (including phenoxy) is 4. The van der Waals surface area contributed by atoms with Crippen LogP contribution in [-0.4, -0.2) is 32.7 Å². The van der Waals surface area contributed by atoms with Crippen LogP contribution in [0.1, 0.15) is 44.5 Å². The van der Waals surface area contributed by atoms with Gasteiger partial charge in [-0.2, -0.15) is 0 Å². The van der Waals surface area contributed by atoms with Crippen molar-refractivity contribution in [2.45, 2.75) is 45.2 Å². The van der Waals surface area contributed by atoms with Crippen LogP contribution in [-0.2, 0) is 18.9 Å². The van der Waals surface area contributed by atoms with E-state index in [1.165, 1.54) is 0 Å². The molecule has 2 fully saturated rings. The average molecular weight is 374 g/mol. The van der Waals surface area contributed by atoms with Crippen molar-refractivity contribution >= 4 is 0 Å². The first-order valence-electron chi connectivity index (χ1n) is 9.17. The van der Waals surface area contributed by atoms with Gasteiger partial charge in [0, 0.05) is 17.4 Å². The summed E-state index contributed by atoms with van der Waals surface area (Å²) < 4.78 is 62.3. The van der Waals surface area contributed by atoms with Crippen LogP contribution in [0.15, 0.2) is 12.1 Å². The Morgan fingerprint density at radius 1 is 0.808 bits per heavy atom. The fourth-order valence-corrected chi connectivity index (χ4v) is 3.31. The molecule has 7 heteroatoms. The molecule has 1 aromatic carbocycles. The van der Waals surface area contributed by atoms with Gasteiger partial charge in [-0.25, -0.2) is 13.2 Å². The minimum absolute atomic E-state index is 0.140. The largest absolute Gasteiger partial charge is 0.352 e. The minimum atomic E-state index is -1.49. The van der Waals surface area contributed by atoms with Gasteiger partial charge in [0.25, 0.3) is 0 Å². The van der Waals surface area contributed by atoms with Crippen LogP contribution in [0, 0.1) is 29.3 Å². The van der Waals surface area contributed by atoms with E-state index in [-0.39, 0.29) is 17.8 Å². The zero-order valence-corrected chi connectivity index (χ0v) is 14.9. The molecular weight excluding hydrogens is 349 g/mol. The summed E-state index contributed by atoms with van der Waals surface area (Å²) in [5.41, 5.74) is 0.140. The monoisotopic (exact) mass is 374 g/mol. The van der Waals surface area contributed by atoms with Crippen LogP contribution in [0.25, 0.3) is 0 Å². The van der Waals surface area contributed by atoms with Crippen molar-refractivity contribution in [3.05, 3.63) is 35.1 Å². The Kier molecular flexibility index (Phi) is 6.92. The molecule has 0 N–H and O–H groups in total. The maximum Gasteiger partial charge on any atom is 0.194 e. The van der Waals surface area contributed by atoms with Crippen molar-refractivity contribution < 1.29 is 32.1 Å². The van der Waals surface area contributed by atoms with Gasteiger partial charge in [0.2, 0.25) is 0 Å². The molecule has 0 aliphatic carbocycles. The van der Waals surface area contributed by atoms with E-state index in [1.54, 1.807) is 0 Å². The molecule has 3 rings (SSSR count). The molecule has 0 atom stereocenters. The number of halogens is 3. The first kappa shape index (κ1) is 19.6. The Balaban J connectivity index is 1.40. The predicted molar refractivity (Wildman–Crippen MR) is 87.8 cm³/mol. The van der Waals surface area contributed by atoms with Crippen molar-refractivity contribution in [3.8, 4) is 0 Å². The van der Waals surface area contributed by atoms with Gasteiger partial charge in [0.1, 0.15) is 0 Å². The third-order valence-electron chi connectivity index (χ3n) is 4.79. The number of hydrogen-bond donors (Lipinski definition) is 0. The second-order valence-corrected chi connectivity index (χ2v) is 6.99. The Morgan fingerprint density at radius 2 is 1.35 bits per heavy atom. The van der Waals surface area contributed by atoms with Crippen molar-refractivity contribution in [1.82, 2.24) is 0 Å². The molecule has 146 valence electrons. The van der Waals surface area contributed by atoms with Crippen molar-refractivity contribution in [3.63, 3.8) is 0 Å². The maximum absolute atomic E-state index is 13.3.